The molecule has 4 rings (SSSR count). The molecule has 0 spiro atoms. The van der Waals surface area contributed by atoms with Crippen molar-refractivity contribution >= 4 is 45.4 Å². The predicted octanol–water partition coefficient (Wildman–Crippen LogP) is 2.22. The molecule has 1 saturated heterocycles. The molecule has 2 heterocycles. The van der Waals surface area contributed by atoms with Crippen LogP contribution in [0.25, 0.3) is 21.8 Å². The fourth-order valence-corrected chi connectivity index (χ4v) is 3.02. The van der Waals surface area contributed by atoms with Gasteiger partial charge in [-0.15, -0.1) is 0 Å². The monoisotopic (exact) mass is 366 g/mol. The fourth-order valence-electron chi connectivity index (χ4n) is 3.02. The number of rotatable bonds is 2. The number of nitrogen functional groups attached to an aromatic ring is 1. The van der Waals surface area contributed by atoms with E-state index in [0.29, 0.717) is 32.5 Å². The van der Waals surface area contributed by atoms with Gasteiger partial charge in [0.05, 0.1) is 22.1 Å². The highest BCUT2D eigenvalue weighted by Crippen LogP contribution is 2.35. The van der Waals surface area contributed by atoms with Crippen LogP contribution in [0.1, 0.15) is 12.8 Å². The van der Waals surface area contributed by atoms with E-state index in [2.05, 4.69) is 4.98 Å². The Kier molecular flexibility index (Phi) is 3.85. The molecule has 3 aromatic rings. The van der Waals surface area contributed by atoms with Gasteiger partial charge in [0.2, 0.25) is 0 Å². The molecule has 1 aromatic heterocycles. The number of para-hydroxylation sites is 1. The van der Waals surface area contributed by atoms with E-state index < -0.39 is 17.9 Å². The van der Waals surface area contributed by atoms with Crippen molar-refractivity contribution in [3.63, 3.8) is 0 Å². The second-order valence-electron chi connectivity index (χ2n) is 5.95. The summed E-state index contributed by atoms with van der Waals surface area (Å²) in [6.07, 6.45) is -1.47. The van der Waals surface area contributed by atoms with Gasteiger partial charge in [-0.2, -0.15) is 5.01 Å². The predicted molar refractivity (Wildman–Crippen MR) is 94.4 cm³/mol. The first-order valence-electron chi connectivity index (χ1n) is 8.11. The van der Waals surface area contributed by atoms with Crippen LogP contribution in [0.3, 0.4) is 0 Å². The molecule has 0 saturated carbocycles. The van der Waals surface area contributed by atoms with E-state index in [1.54, 1.807) is 24.3 Å². The molecule has 1 aliphatic heterocycles. The van der Waals surface area contributed by atoms with E-state index in [1.165, 1.54) is 6.07 Å². The molecule has 0 atom stereocenters. The number of hydrogen-bond acceptors (Lipinski definition) is 7. The number of hydrogen-bond donors (Lipinski definition) is 2. The van der Waals surface area contributed by atoms with E-state index in [1.807, 2.05) is 12.1 Å². The highest BCUT2D eigenvalue weighted by atomic mass is 16.7. The highest BCUT2D eigenvalue weighted by molar-refractivity contribution is 6.09. The van der Waals surface area contributed by atoms with Gasteiger partial charge in [0.15, 0.2) is 0 Å². The number of anilines is 1. The summed E-state index contributed by atoms with van der Waals surface area (Å²) in [4.78, 5) is 40.1. The third kappa shape index (κ3) is 2.70. The summed E-state index contributed by atoms with van der Waals surface area (Å²) in [7, 11) is 0. The fraction of sp³-hybridized carbons (Fsp3) is 0.111. The van der Waals surface area contributed by atoms with Crippen LogP contribution < -0.4 is 10.5 Å². The molecule has 0 radical (unpaired) electrons. The van der Waals surface area contributed by atoms with Crippen LogP contribution in [0.5, 0.6) is 5.75 Å². The summed E-state index contributed by atoms with van der Waals surface area (Å²) in [5.74, 6) is -1.33. The number of hydrazine groups is 1. The zero-order valence-electron chi connectivity index (χ0n) is 14.0. The normalized spacial score (nSPS) is 14.2. The number of amides is 3. The number of pyridine rings is 1. The Morgan fingerprint density at radius 1 is 1.07 bits per heavy atom. The minimum Gasteiger partial charge on any atom is -0.407 e. The number of carbonyl (C=O) groups excluding carboxylic acids is 3. The van der Waals surface area contributed by atoms with Gasteiger partial charge in [-0.1, -0.05) is 29.4 Å². The van der Waals surface area contributed by atoms with Gasteiger partial charge in [-0.25, -0.2) is 9.78 Å². The van der Waals surface area contributed by atoms with Crippen LogP contribution >= 0.6 is 0 Å². The van der Waals surface area contributed by atoms with Crippen LogP contribution in [0.2, 0.25) is 0 Å². The minimum absolute atomic E-state index is 0.0476. The highest BCUT2D eigenvalue weighted by Gasteiger charge is 2.37. The lowest BCUT2D eigenvalue weighted by Gasteiger charge is -2.22. The summed E-state index contributed by atoms with van der Waals surface area (Å²) in [6.45, 7) is 0. The van der Waals surface area contributed by atoms with Gasteiger partial charge in [0.25, 0.3) is 11.8 Å². The first kappa shape index (κ1) is 16.7. The van der Waals surface area contributed by atoms with Crippen molar-refractivity contribution in [1.29, 1.82) is 0 Å². The van der Waals surface area contributed by atoms with E-state index >= 15 is 0 Å². The van der Waals surface area contributed by atoms with E-state index in [0.717, 1.165) is 0 Å². The molecular weight excluding hydrogens is 352 g/mol. The first-order chi connectivity index (χ1) is 13.0. The van der Waals surface area contributed by atoms with Crippen molar-refractivity contribution in [1.82, 2.24) is 15.2 Å². The maximum atomic E-state index is 12.3. The van der Waals surface area contributed by atoms with Crippen molar-refractivity contribution in [2.75, 3.05) is 5.73 Å². The number of fused-ring (bicyclic) bond motifs is 2. The van der Waals surface area contributed by atoms with Gasteiger partial charge in [0.1, 0.15) is 5.75 Å². The summed E-state index contributed by atoms with van der Waals surface area (Å²) in [5, 5.41) is 11.2. The second-order valence-corrected chi connectivity index (χ2v) is 5.95. The molecule has 0 unspecified atom stereocenters. The largest absolute Gasteiger partial charge is 0.460 e. The third-order valence-electron chi connectivity index (χ3n) is 4.28. The molecule has 2 aromatic carbocycles. The number of carbonyl (C=O) groups is 3. The number of hydroxylamine groups is 1. The number of nitrogens with two attached hydrogens (primary N) is 1. The lowest BCUT2D eigenvalue weighted by molar-refractivity contribution is -0.207. The quantitative estimate of drug-likeness (QED) is 0.308. The zero-order chi connectivity index (χ0) is 19.1. The van der Waals surface area contributed by atoms with Crippen LogP contribution in [0.4, 0.5) is 10.5 Å². The Morgan fingerprint density at radius 2 is 1.74 bits per heavy atom. The first-order valence-corrected chi connectivity index (χ1v) is 8.11. The third-order valence-corrected chi connectivity index (χ3v) is 4.28. The molecule has 27 heavy (non-hydrogen) atoms. The van der Waals surface area contributed by atoms with Crippen LogP contribution in [0, 0.1) is 0 Å². The molecule has 136 valence electrons. The lowest BCUT2D eigenvalue weighted by atomic mass is 10.1. The molecule has 0 bridgehead atoms. The molecular formula is C18H14N4O5. The van der Waals surface area contributed by atoms with E-state index in [9.17, 15) is 19.6 Å². The van der Waals surface area contributed by atoms with Gasteiger partial charge in [-0.3, -0.25) is 14.8 Å². The molecule has 0 aliphatic carbocycles. The topological polar surface area (TPSA) is 126 Å². The minimum atomic E-state index is -1.31. The maximum absolute atomic E-state index is 12.3. The standard InChI is InChI=1S/C18H14N4O5/c19-17-10-4-1-2-5-11(10)20-12-6-3-7-13(16(12)17)27-18(25)22(26)21-14(23)8-9-15(21)24/h1-7,26H,8-9H2,(H2,19,20). The molecule has 3 N–H and O–H groups in total. The number of benzene rings is 2. The zero-order valence-corrected chi connectivity index (χ0v) is 14.0. The Bertz CT molecular complexity index is 1100. The van der Waals surface area contributed by atoms with Crippen molar-refractivity contribution in [3.05, 3.63) is 42.5 Å². The maximum Gasteiger partial charge on any atom is 0.460 e. The van der Waals surface area contributed by atoms with Crippen molar-refractivity contribution in [2.24, 2.45) is 0 Å². The van der Waals surface area contributed by atoms with Crippen molar-refractivity contribution < 1.29 is 24.3 Å². The number of ether oxygens (including phenoxy) is 1. The molecule has 1 fully saturated rings. The van der Waals surface area contributed by atoms with Crippen LogP contribution in [-0.2, 0) is 9.59 Å². The Hall–Kier alpha value is -3.72. The van der Waals surface area contributed by atoms with Crippen LogP contribution in [0.15, 0.2) is 42.5 Å². The smallest absolute Gasteiger partial charge is 0.407 e. The second kappa shape index (κ2) is 6.22. The summed E-state index contributed by atoms with van der Waals surface area (Å²) in [6, 6.07) is 12.0. The summed E-state index contributed by atoms with van der Waals surface area (Å²) >= 11 is 0. The molecule has 9 nitrogen and oxygen atoms in total. The molecule has 9 heteroatoms. The lowest BCUT2D eigenvalue weighted by Crippen LogP contribution is -2.48. The Balaban J connectivity index is 1.73. The van der Waals surface area contributed by atoms with Gasteiger partial charge < -0.3 is 10.5 Å². The molecule has 3 amide bonds. The van der Waals surface area contributed by atoms with Crippen molar-refractivity contribution in [3.8, 4) is 5.75 Å². The van der Waals surface area contributed by atoms with Crippen LogP contribution in [-0.4, -0.2) is 38.3 Å². The summed E-state index contributed by atoms with van der Waals surface area (Å²) < 4.78 is 5.20. The number of imide groups is 1. The average molecular weight is 366 g/mol. The van der Waals surface area contributed by atoms with E-state index in [4.69, 9.17) is 10.5 Å². The number of aromatic nitrogens is 1. The Morgan fingerprint density at radius 3 is 2.48 bits per heavy atom. The van der Waals surface area contributed by atoms with Gasteiger partial charge in [0, 0.05) is 18.2 Å². The van der Waals surface area contributed by atoms with Crippen molar-refractivity contribution in [2.45, 2.75) is 12.8 Å². The Labute approximate surface area is 152 Å². The number of nitrogens with zero attached hydrogens (tertiary/aromatic N) is 3. The molecule has 1 aliphatic rings. The van der Waals surface area contributed by atoms with Gasteiger partial charge in [-0.05, 0) is 18.2 Å². The van der Waals surface area contributed by atoms with E-state index in [-0.39, 0.29) is 23.8 Å². The average Bonchev–Trinajstić information content (AvgIpc) is 2.99. The summed E-state index contributed by atoms with van der Waals surface area (Å²) in [5.41, 5.74) is 7.78. The SMILES string of the molecule is Nc1c2ccccc2nc2cccc(OC(=O)N(O)N3C(=O)CCC3=O)c12. The van der Waals surface area contributed by atoms with Gasteiger partial charge >= 0.3 is 6.09 Å².